The van der Waals surface area contributed by atoms with Crippen molar-refractivity contribution in [1.29, 1.82) is 0 Å². The van der Waals surface area contributed by atoms with Crippen LogP contribution in [0.1, 0.15) is 33.9 Å². The fourth-order valence-electron chi connectivity index (χ4n) is 3.43. The lowest BCUT2D eigenvalue weighted by molar-refractivity contribution is 0.0710. The predicted molar refractivity (Wildman–Crippen MR) is 113 cm³/mol. The van der Waals surface area contributed by atoms with Crippen LogP contribution in [0.3, 0.4) is 0 Å². The first kappa shape index (κ1) is 19.0. The molecule has 1 atom stereocenters. The van der Waals surface area contributed by atoms with Crippen molar-refractivity contribution < 1.29 is 14.6 Å². The number of benzene rings is 3. The molecule has 29 heavy (non-hydrogen) atoms. The zero-order valence-corrected chi connectivity index (χ0v) is 16.5. The molecule has 1 unspecified atom stereocenters. The molecule has 0 aliphatic carbocycles. The predicted octanol–water partition coefficient (Wildman–Crippen LogP) is 5.05. The monoisotopic (exact) mass is 406 g/mol. The van der Waals surface area contributed by atoms with Crippen LogP contribution in [0.4, 0.5) is 0 Å². The number of ether oxygens (including phenoxy) is 1. The van der Waals surface area contributed by atoms with Gasteiger partial charge in [-0.05, 0) is 48.0 Å². The second-order valence-electron chi connectivity index (χ2n) is 6.68. The molecule has 0 fully saturated rings. The summed E-state index contributed by atoms with van der Waals surface area (Å²) in [6.45, 7) is 0. The van der Waals surface area contributed by atoms with Gasteiger partial charge in [-0.3, -0.25) is 4.79 Å². The summed E-state index contributed by atoms with van der Waals surface area (Å²) in [5.74, 6) is 0.557. The maximum atomic E-state index is 13.3. The molecule has 0 spiro atoms. The minimum Gasteiger partial charge on any atom is -0.508 e. The molecule has 0 saturated heterocycles. The molecule has 5 nitrogen and oxygen atoms in total. The lowest BCUT2D eigenvalue weighted by Crippen LogP contribution is -2.27. The Balaban J connectivity index is 1.76. The fourth-order valence-corrected chi connectivity index (χ4v) is 3.64. The van der Waals surface area contributed by atoms with E-state index in [-0.39, 0.29) is 11.7 Å². The summed E-state index contributed by atoms with van der Waals surface area (Å²) in [6, 6.07) is 21.0. The Bertz CT molecular complexity index is 1080. The quantitative estimate of drug-likeness (QED) is 0.659. The summed E-state index contributed by atoms with van der Waals surface area (Å²) in [4.78, 5) is 13.3. The van der Waals surface area contributed by atoms with Crippen LogP contribution in [0.25, 0.3) is 0 Å². The van der Waals surface area contributed by atoms with Crippen molar-refractivity contribution in [1.82, 2.24) is 5.01 Å². The van der Waals surface area contributed by atoms with Crippen LogP contribution in [0, 0.1) is 0 Å². The number of phenolic OH excluding ortho intramolecular Hbond substituents is 1. The molecule has 1 aliphatic rings. The molecular formula is C23H19ClN2O3. The number of hydrogen-bond acceptors (Lipinski definition) is 4. The van der Waals surface area contributed by atoms with Crippen LogP contribution in [-0.4, -0.2) is 28.8 Å². The lowest BCUT2D eigenvalue weighted by atomic mass is 9.97. The minimum absolute atomic E-state index is 0.126. The van der Waals surface area contributed by atoms with Gasteiger partial charge in [0.25, 0.3) is 5.91 Å². The maximum Gasteiger partial charge on any atom is 0.276 e. The van der Waals surface area contributed by atoms with Crippen molar-refractivity contribution in [2.24, 2.45) is 5.10 Å². The number of amides is 1. The highest BCUT2D eigenvalue weighted by Crippen LogP contribution is 2.38. The van der Waals surface area contributed by atoms with Crippen molar-refractivity contribution in [3.8, 4) is 11.5 Å². The molecule has 1 aliphatic heterocycles. The summed E-state index contributed by atoms with van der Waals surface area (Å²) < 4.78 is 5.22. The Morgan fingerprint density at radius 3 is 2.45 bits per heavy atom. The number of carbonyl (C=O) groups excluding carboxylic acids is 1. The van der Waals surface area contributed by atoms with E-state index >= 15 is 0 Å². The zero-order chi connectivity index (χ0) is 20.4. The van der Waals surface area contributed by atoms with Crippen molar-refractivity contribution in [2.45, 2.75) is 12.5 Å². The van der Waals surface area contributed by atoms with E-state index in [0.717, 1.165) is 17.0 Å². The first-order chi connectivity index (χ1) is 14.1. The minimum atomic E-state index is -0.433. The topological polar surface area (TPSA) is 62.1 Å². The molecule has 4 rings (SSSR count). The molecule has 0 bridgehead atoms. The number of hydrazone groups is 1. The highest BCUT2D eigenvalue weighted by Gasteiger charge is 2.35. The molecule has 0 saturated carbocycles. The van der Waals surface area contributed by atoms with Gasteiger partial charge in [0.15, 0.2) is 0 Å². The number of hydrogen-bond donors (Lipinski definition) is 1. The first-order valence-electron chi connectivity index (χ1n) is 9.16. The van der Waals surface area contributed by atoms with Crippen LogP contribution in [-0.2, 0) is 0 Å². The van der Waals surface area contributed by atoms with E-state index < -0.39 is 6.04 Å². The van der Waals surface area contributed by atoms with E-state index in [1.165, 1.54) is 5.01 Å². The number of halogens is 1. The Kier molecular flexibility index (Phi) is 5.23. The third kappa shape index (κ3) is 3.69. The number of methoxy groups -OCH3 is 1. The van der Waals surface area contributed by atoms with Crippen LogP contribution in [0.5, 0.6) is 11.5 Å². The van der Waals surface area contributed by atoms with Crippen molar-refractivity contribution in [2.75, 3.05) is 7.11 Å². The zero-order valence-electron chi connectivity index (χ0n) is 15.7. The standard InChI is InChI=1S/C23H19ClN2O3/c1-29-16-12-10-15(11-13-16)20-14-21(18-7-3-5-9-22(18)27)26(25-20)23(28)17-6-2-4-8-19(17)24/h2-13,21,27H,14H2,1H3. The number of nitrogens with zero attached hydrogens (tertiary/aromatic N) is 2. The van der Waals surface area contributed by atoms with E-state index in [1.807, 2.05) is 30.3 Å². The molecule has 6 heteroatoms. The fraction of sp³-hybridized carbons (Fsp3) is 0.130. The van der Waals surface area contributed by atoms with E-state index in [9.17, 15) is 9.90 Å². The van der Waals surface area contributed by atoms with Crippen LogP contribution < -0.4 is 4.74 Å². The highest BCUT2D eigenvalue weighted by atomic mass is 35.5. The molecule has 0 aromatic heterocycles. The van der Waals surface area contributed by atoms with Gasteiger partial charge in [-0.15, -0.1) is 0 Å². The van der Waals surface area contributed by atoms with Crippen molar-refractivity contribution >= 4 is 23.2 Å². The molecule has 1 N–H and O–H groups in total. The Morgan fingerprint density at radius 1 is 1.07 bits per heavy atom. The van der Waals surface area contributed by atoms with Crippen molar-refractivity contribution in [3.63, 3.8) is 0 Å². The van der Waals surface area contributed by atoms with Gasteiger partial charge in [-0.2, -0.15) is 5.10 Å². The van der Waals surface area contributed by atoms with Gasteiger partial charge in [-0.25, -0.2) is 5.01 Å². The Hall–Kier alpha value is -3.31. The number of phenols is 1. The number of para-hydroxylation sites is 1. The van der Waals surface area contributed by atoms with E-state index in [4.69, 9.17) is 16.3 Å². The number of rotatable bonds is 4. The molecule has 1 heterocycles. The summed E-state index contributed by atoms with van der Waals surface area (Å²) in [6.07, 6.45) is 0.472. The summed E-state index contributed by atoms with van der Waals surface area (Å²) in [7, 11) is 1.61. The SMILES string of the molecule is COc1ccc(C2=NN(C(=O)c3ccccc3Cl)C(c3ccccc3O)C2)cc1. The van der Waals surface area contributed by atoms with Crippen LogP contribution in [0.15, 0.2) is 77.9 Å². The summed E-state index contributed by atoms with van der Waals surface area (Å²) in [5.41, 5.74) is 2.65. The molecule has 3 aromatic rings. The van der Waals surface area contributed by atoms with Gasteiger partial charge in [0, 0.05) is 12.0 Å². The van der Waals surface area contributed by atoms with E-state index in [1.54, 1.807) is 49.6 Å². The average molecular weight is 407 g/mol. The van der Waals surface area contributed by atoms with Crippen molar-refractivity contribution in [3.05, 3.63) is 94.5 Å². The van der Waals surface area contributed by atoms with Crippen LogP contribution in [0.2, 0.25) is 5.02 Å². The lowest BCUT2D eigenvalue weighted by Gasteiger charge is -2.23. The Morgan fingerprint density at radius 2 is 1.76 bits per heavy atom. The molecule has 1 amide bonds. The summed E-state index contributed by atoms with van der Waals surface area (Å²) in [5, 5.41) is 16.8. The molecule has 3 aromatic carbocycles. The molecular weight excluding hydrogens is 388 g/mol. The van der Waals surface area contributed by atoms with Gasteiger partial charge in [0.05, 0.1) is 29.4 Å². The number of carbonyl (C=O) groups is 1. The average Bonchev–Trinajstić information content (AvgIpc) is 3.19. The third-order valence-corrected chi connectivity index (χ3v) is 5.27. The van der Waals surface area contributed by atoms with E-state index in [2.05, 4.69) is 5.10 Å². The van der Waals surface area contributed by atoms with Gasteiger partial charge >= 0.3 is 0 Å². The van der Waals surface area contributed by atoms with Gasteiger partial charge in [0.1, 0.15) is 11.5 Å². The molecule has 146 valence electrons. The second kappa shape index (κ2) is 7.97. The van der Waals surface area contributed by atoms with Crippen LogP contribution >= 0.6 is 11.6 Å². The largest absolute Gasteiger partial charge is 0.508 e. The van der Waals surface area contributed by atoms with Gasteiger partial charge in [0.2, 0.25) is 0 Å². The van der Waals surface area contributed by atoms with Gasteiger partial charge < -0.3 is 9.84 Å². The smallest absolute Gasteiger partial charge is 0.276 e. The maximum absolute atomic E-state index is 13.3. The summed E-state index contributed by atoms with van der Waals surface area (Å²) >= 11 is 6.25. The third-order valence-electron chi connectivity index (χ3n) is 4.94. The number of aromatic hydroxyl groups is 1. The first-order valence-corrected chi connectivity index (χ1v) is 9.54. The molecule has 0 radical (unpaired) electrons. The van der Waals surface area contributed by atoms with E-state index in [0.29, 0.717) is 22.6 Å². The van der Waals surface area contributed by atoms with Gasteiger partial charge in [-0.1, -0.05) is 41.9 Å². The highest BCUT2D eigenvalue weighted by molar-refractivity contribution is 6.33. The second-order valence-corrected chi connectivity index (χ2v) is 7.09. The Labute approximate surface area is 173 Å². The normalized spacial score (nSPS) is 15.9.